The van der Waals surface area contributed by atoms with Gasteiger partial charge in [-0.1, -0.05) is 45.9 Å². The van der Waals surface area contributed by atoms with E-state index in [2.05, 4.69) is 10.2 Å². The number of nitrogens with zero attached hydrogens (tertiary/aromatic N) is 2. The highest BCUT2D eigenvalue weighted by atomic mass is 16.7. The number of esters is 2. The maximum absolute atomic E-state index is 14.8. The summed E-state index contributed by atoms with van der Waals surface area (Å²) in [5, 5.41) is 37.5. The molecule has 5 bridgehead atoms. The molecule has 1 aliphatic carbocycles. The van der Waals surface area contributed by atoms with Gasteiger partial charge in [0.15, 0.2) is 0 Å². The molecule has 18 nitrogen and oxygen atoms in total. The SMILES string of the molecule is CO[C@H]1C=CO[C@@]2(C)Oc3c(C)c(O)c4c(c3C2=O)C(=O)C(N2CCOCC2)=C(NC(=O)C(C)=CC=C[C@H](C)[C@H](O)[C@@H](C)[C@@H](O)[C@@H](C)[C@H](OC(=O)CC(=O)OC[C@H]2CCCN(C)C2)[C@@H]1C)C4=O. The number of phenolic OH excluding ortho intramolecular Hbond substituents is 1. The first-order valence-corrected chi connectivity index (χ1v) is 22.9. The second-order valence-corrected chi connectivity index (χ2v) is 18.6. The number of carbonyl (C=O) groups excluding carboxylic acids is 6. The van der Waals surface area contributed by atoms with Gasteiger partial charge in [-0.05, 0) is 46.4 Å². The highest BCUT2D eigenvalue weighted by Crippen LogP contribution is 2.49. The van der Waals surface area contributed by atoms with E-state index in [9.17, 15) is 44.1 Å². The van der Waals surface area contributed by atoms with Gasteiger partial charge in [0.05, 0.1) is 61.1 Å². The summed E-state index contributed by atoms with van der Waals surface area (Å²) in [6.07, 6.45) is 3.91. The second-order valence-electron chi connectivity index (χ2n) is 18.6. The van der Waals surface area contributed by atoms with E-state index in [1.165, 1.54) is 40.0 Å². The smallest absolute Gasteiger partial charge is 0.317 e. The molecule has 0 radical (unpaired) electrons. The van der Waals surface area contributed by atoms with Crippen molar-refractivity contribution in [3.63, 3.8) is 0 Å². The third-order valence-electron chi connectivity index (χ3n) is 13.7. The molecule has 1 aromatic carbocycles. The zero-order valence-corrected chi connectivity index (χ0v) is 39.8. The number of Topliss-reactive ketones (excluding diaryl/α,β-unsaturated/α-hetero) is 3. The normalized spacial score (nSPS) is 31.2. The Kier molecular flexibility index (Phi) is 16.2. The lowest BCUT2D eigenvalue weighted by Crippen LogP contribution is -2.47. The van der Waals surface area contributed by atoms with E-state index in [1.54, 1.807) is 44.7 Å². The summed E-state index contributed by atoms with van der Waals surface area (Å²) in [5.74, 6) is -10.8. The van der Waals surface area contributed by atoms with E-state index < -0.39 is 112 Å². The number of methoxy groups -OCH3 is 1. The first-order valence-electron chi connectivity index (χ1n) is 22.9. The molecule has 0 saturated carbocycles. The minimum Gasteiger partial charge on any atom is -0.507 e. The number of rotatable bonds is 7. The van der Waals surface area contributed by atoms with Gasteiger partial charge in [0.25, 0.3) is 11.7 Å². The second kappa shape index (κ2) is 21.3. The molecule has 0 unspecified atom stereocenters. The Morgan fingerprint density at radius 3 is 2.28 bits per heavy atom. The number of nitrogens with one attached hydrogen (secondary N) is 1. The number of phenols is 1. The van der Waals surface area contributed by atoms with Crippen molar-refractivity contribution < 1.29 is 72.5 Å². The maximum atomic E-state index is 14.8. The van der Waals surface area contributed by atoms with Gasteiger partial charge in [-0.2, -0.15) is 0 Å². The molecule has 5 aliphatic heterocycles. The Bertz CT molecular complexity index is 2240. The fourth-order valence-electron chi connectivity index (χ4n) is 9.56. The van der Waals surface area contributed by atoms with Crippen molar-refractivity contribution in [3.8, 4) is 11.5 Å². The van der Waals surface area contributed by atoms with Crippen LogP contribution in [-0.2, 0) is 38.1 Å². The monoisotopic (exact) mass is 935 g/mol. The van der Waals surface area contributed by atoms with Crippen molar-refractivity contribution in [1.82, 2.24) is 15.1 Å². The number of morpholine rings is 1. The number of carbonyl (C=O) groups is 6. The van der Waals surface area contributed by atoms with Crippen molar-refractivity contribution in [2.24, 2.45) is 29.6 Å². The third kappa shape index (κ3) is 10.7. The fraction of sp³-hybridized carbons (Fsp3) is 0.592. The molecular weight excluding hydrogens is 871 g/mol. The van der Waals surface area contributed by atoms with Gasteiger partial charge in [-0.3, -0.25) is 28.8 Å². The van der Waals surface area contributed by atoms with E-state index >= 15 is 0 Å². The number of aliphatic hydroxyl groups is 2. The van der Waals surface area contributed by atoms with E-state index in [1.807, 2.05) is 7.05 Å². The predicted octanol–water partition coefficient (Wildman–Crippen LogP) is 3.55. The number of likely N-dealkylation sites (tertiary alicyclic amines) is 1. The molecular formula is C49H65N3O15. The topological polar surface area (TPSA) is 237 Å². The van der Waals surface area contributed by atoms with Crippen molar-refractivity contribution in [1.29, 1.82) is 0 Å². The molecule has 10 atom stereocenters. The Morgan fingerprint density at radius 1 is 0.910 bits per heavy atom. The summed E-state index contributed by atoms with van der Waals surface area (Å²) in [7, 11) is 3.39. The van der Waals surface area contributed by atoms with Crippen molar-refractivity contribution in [2.45, 2.75) is 97.9 Å². The van der Waals surface area contributed by atoms with Gasteiger partial charge in [0.2, 0.25) is 11.6 Å². The first kappa shape index (κ1) is 51.0. The number of aliphatic hydroxyl groups excluding tert-OH is 2. The van der Waals surface area contributed by atoms with Crippen LogP contribution in [0.1, 0.15) is 97.4 Å². The van der Waals surface area contributed by atoms with E-state index in [0.717, 1.165) is 32.2 Å². The van der Waals surface area contributed by atoms with Crippen LogP contribution in [-0.4, -0.2) is 151 Å². The molecule has 1 amide bonds. The molecule has 4 N–H and O–H groups in total. The number of ether oxygens (including phenoxy) is 6. The highest BCUT2D eigenvalue weighted by molar-refractivity contribution is 6.32. The first-order chi connectivity index (χ1) is 31.7. The molecule has 0 aromatic heterocycles. The summed E-state index contributed by atoms with van der Waals surface area (Å²) >= 11 is 0. The molecule has 7 rings (SSSR count). The molecule has 0 spiro atoms. The number of piperidine rings is 1. The lowest BCUT2D eigenvalue weighted by Gasteiger charge is -2.38. The van der Waals surface area contributed by atoms with Gasteiger partial charge in [0.1, 0.15) is 35.4 Å². The van der Waals surface area contributed by atoms with Gasteiger partial charge >= 0.3 is 17.7 Å². The average molecular weight is 936 g/mol. The van der Waals surface area contributed by atoms with Gasteiger partial charge in [-0.25, -0.2) is 0 Å². The third-order valence-corrected chi connectivity index (χ3v) is 13.7. The fourth-order valence-corrected chi connectivity index (χ4v) is 9.56. The molecule has 366 valence electrons. The highest BCUT2D eigenvalue weighted by Gasteiger charge is 2.53. The average Bonchev–Trinajstić information content (AvgIpc) is 3.56. The van der Waals surface area contributed by atoms with Crippen LogP contribution in [0.4, 0.5) is 0 Å². The standard InChI is InChI=1S/C49H65N3O15/c1-25-12-10-13-26(2)48(61)50-38-39(52-17-20-63-21-18-52)44(59)35-36(43(38)58)42(57)30(6)46-37(35)47(60)49(7,67-46)65-19-15-32(62-9)27(3)45(29(5)41(56)28(4)40(25)55)66-34(54)22-33(53)64-24-31-14-11-16-51(8)23-31/h10,12-13,15,19,25,27-29,31-32,40-41,45,55-57H,11,14,16-18,20-24H2,1-9H3,(H,50,61)/t25-,27+,28+,29+,31-,32-,40-,41+,45+,49-/m0/s1. The van der Waals surface area contributed by atoms with Crippen LogP contribution in [0.15, 0.2) is 47.5 Å². The lowest BCUT2D eigenvalue weighted by atomic mass is 9.78. The number of aromatic hydroxyl groups is 1. The maximum Gasteiger partial charge on any atom is 0.317 e. The van der Waals surface area contributed by atoms with Gasteiger partial charge in [0, 0.05) is 74.4 Å². The number of amides is 1. The minimum absolute atomic E-state index is 0.0246. The van der Waals surface area contributed by atoms with Crippen LogP contribution < -0.4 is 10.1 Å². The molecule has 1 aromatic rings. The lowest BCUT2D eigenvalue weighted by molar-refractivity contribution is -0.168. The van der Waals surface area contributed by atoms with E-state index in [-0.39, 0.29) is 72.7 Å². The van der Waals surface area contributed by atoms with Crippen LogP contribution in [0.2, 0.25) is 0 Å². The molecule has 5 heterocycles. The molecule has 6 aliphatic rings. The Labute approximate surface area is 390 Å². The van der Waals surface area contributed by atoms with Crippen LogP contribution in [0.25, 0.3) is 0 Å². The Hall–Kier alpha value is -5.40. The van der Waals surface area contributed by atoms with Crippen molar-refractivity contribution in [3.05, 3.63) is 69.8 Å². The van der Waals surface area contributed by atoms with Crippen LogP contribution in [0.3, 0.4) is 0 Å². The molecule has 67 heavy (non-hydrogen) atoms. The van der Waals surface area contributed by atoms with Gasteiger partial charge < -0.3 is 58.9 Å². The summed E-state index contributed by atoms with van der Waals surface area (Å²) in [6.45, 7) is 13.6. The molecule has 2 saturated heterocycles. The van der Waals surface area contributed by atoms with E-state index in [0.29, 0.717) is 0 Å². The molecule has 2 fully saturated rings. The minimum atomic E-state index is -2.14. The zero-order valence-electron chi connectivity index (χ0n) is 39.8. The van der Waals surface area contributed by atoms with Crippen molar-refractivity contribution in [2.75, 3.05) is 60.2 Å². The van der Waals surface area contributed by atoms with Crippen molar-refractivity contribution >= 4 is 35.2 Å². The molecule has 18 heteroatoms. The number of hydrogen-bond acceptors (Lipinski definition) is 17. The number of allylic oxidation sites excluding steroid dienone is 4. The predicted molar refractivity (Wildman–Crippen MR) is 241 cm³/mol. The quantitative estimate of drug-likeness (QED) is 0.226. The summed E-state index contributed by atoms with van der Waals surface area (Å²) in [5.41, 5.74) is -1.64. The van der Waals surface area contributed by atoms with Crippen LogP contribution >= 0.6 is 0 Å². The number of benzene rings is 1. The Morgan fingerprint density at radius 2 is 1.61 bits per heavy atom. The summed E-state index contributed by atoms with van der Waals surface area (Å²) in [6, 6.07) is 0. The summed E-state index contributed by atoms with van der Waals surface area (Å²) in [4.78, 5) is 87.8. The zero-order chi connectivity index (χ0) is 49.1. The number of fused-ring (bicyclic) bond motifs is 14. The van der Waals surface area contributed by atoms with E-state index in [4.69, 9.17) is 28.4 Å². The summed E-state index contributed by atoms with van der Waals surface area (Å²) < 4.78 is 34.9. The van der Waals surface area contributed by atoms with Crippen LogP contribution in [0.5, 0.6) is 11.5 Å². The van der Waals surface area contributed by atoms with Gasteiger partial charge in [-0.15, -0.1) is 0 Å². The number of hydrogen-bond donors (Lipinski definition) is 4. The Balaban J connectivity index is 1.37. The van der Waals surface area contributed by atoms with Crippen LogP contribution in [0, 0.1) is 36.5 Å². The number of ketones is 3. The largest absolute Gasteiger partial charge is 0.507 e.